The lowest BCUT2D eigenvalue weighted by Crippen LogP contribution is -2.21. The highest BCUT2D eigenvalue weighted by atomic mass is 35.5. The smallest absolute Gasteiger partial charge is 0.341 e. The Bertz CT molecular complexity index is 1080. The molecule has 1 N–H and O–H groups in total. The van der Waals surface area contributed by atoms with Crippen molar-refractivity contribution in [3.05, 3.63) is 69.1 Å². The van der Waals surface area contributed by atoms with Gasteiger partial charge in [0.15, 0.2) is 6.61 Å². The summed E-state index contributed by atoms with van der Waals surface area (Å²) >= 11 is 7.45. The van der Waals surface area contributed by atoms with Crippen LogP contribution in [0.3, 0.4) is 0 Å². The zero-order valence-corrected chi connectivity index (χ0v) is 19.4. The molecule has 7 heteroatoms. The molecule has 0 spiro atoms. The van der Waals surface area contributed by atoms with E-state index < -0.39 is 5.97 Å². The minimum absolute atomic E-state index is 0.195. The molecule has 1 aromatic heterocycles. The van der Waals surface area contributed by atoms with Gasteiger partial charge < -0.3 is 14.8 Å². The number of anilines is 1. The van der Waals surface area contributed by atoms with E-state index in [0.29, 0.717) is 21.3 Å². The van der Waals surface area contributed by atoms with Crippen LogP contribution < -0.4 is 10.1 Å². The van der Waals surface area contributed by atoms with Crippen molar-refractivity contribution in [2.24, 2.45) is 0 Å². The molecule has 31 heavy (non-hydrogen) atoms. The summed E-state index contributed by atoms with van der Waals surface area (Å²) in [6, 6.07) is 11.5. The summed E-state index contributed by atoms with van der Waals surface area (Å²) in [7, 11) is 1.32. The first-order chi connectivity index (χ1) is 14.8. The predicted octanol–water partition coefficient (Wildman–Crippen LogP) is 6.05. The number of esters is 1. The molecule has 0 saturated heterocycles. The van der Waals surface area contributed by atoms with Crippen LogP contribution in [0, 0.1) is 13.8 Å². The molecule has 162 valence electrons. The average molecular weight is 458 g/mol. The van der Waals surface area contributed by atoms with Crippen molar-refractivity contribution in [1.29, 1.82) is 0 Å². The maximum Gasteiger partial charge on any atom is 0.341 e. The van der Waals surface area contributed by atoms with E-state index in [2.05, 4.69) is 12.2 Å². The van der Waals surface area contributed by atoms with Crippen LogP contribution in [0.4, 0.5) is 5.00 Å². The number of carbonyl (C=O) groups is 2. The molecule has 1 amide bonds. The predicted molar refractivity (Wildman–Crippen MR) is 126 cm³/mol. The van der Waals surface area contributed by atoms with Gasteiger partial charge in [0, 0.05) is 16.0 Å². The van der Waals surface area contributed by atoms with Crippen molar-refractivity contribution in [3.63, 3.8) is 0 Å². The van der Waals surface area contributed by atoms with Gasteiger partial charge in [-0.05, 0) is 54.7 Å². The third-order valence-corrected chi connectivity index (χ3v) is 6.38. The molecule has 3 rings (SSSR count). The molecule has 2 aromatic carbocycles. The van der Waals surface area contributed by atoms with Crippen molar-refractivity contribution in [3.8, 4) is 16.9 Å². The Morgan fingerprint density at radius 3 is 2.32 bits per heavy atom. The van der Waals surface area contributed by atoms with Crippen molar-refractivity contribution in [2.75, 3.05) is 19.0 Å². The summed E-state index contributed by atoms with van der Waals surface area (Å²) in [5.41, 5.74) is 4.90. The number of carbonyl (C=O) groups excluding carboxylic acids is 2. The standard InChI is InChI=1S/C24H24ClNO4S/c1-5-16-6-8-17(9-7-16)19-13-31-23(21(19)24(28)29-4)26-20(27)12-30-18-10-14(2)22(25)15(3)11-18/h6-11,13H,5,12H2,1-4H3,(H,26,27). The molecular weight excluding hydrogens is 434 g/mol. The second-order valence-corrected chi connectivity index (χ2v) is 8.36. The summed E-state index contributed by atoms with van der Waals surface area (Å²) in [5, 5.41) is 5.73. The van der Waals surface area contributed by atoms with Gasteiger partial charge in [-0.1, -0.05) is 42.8 Å². The highest BCUT2D eigenvalue weighted by Crippen LogP contribution is 2.36. The van der Waals surface area contributed by atoms with Gasteiger partial charge in [-0.25, -0.2) is 4.79 Å². The fourth-order valence-electron chi connectivity index (χ4n) is 3.19. The van der Waals surface area contributed by atoms with Gasteiger partial charge in [-0.3, -0.25) is 4.79 Å². The van der Waals surface area contributed by atoms with Crippen molar-refractivity contribution >= 4 is 39.8 Å². The van der Waals surface area contributed by atoms with Gasteiger partial charge in [-0.15, -0.1) is 11.3 Å². The molecular formula is C24H24ClNO4S. The number of benzene rings is 2. The van der Waals surface area contributed by atoms with Gasteiger partial charge >= 0.3 is 5.97 Å². The molecule has 0 bridgehead atoms. The summed E-state index contributed by atoms with van der Waals surface area (Å²) in [4.78, 5) is 25.0. The third kappa shape index (κ3) is 5.27. The number of aryl methyl sites for hydroxylation is 3. The summed E-state index contributed by atoms with van der Waals surface area (Å²) in [6.45, 7) is 5.65. The highest BCUT2D eigenvalue weighted by molar-refractivity contribution is 7.15. The van der Waals surface area contributed by atoms with E-state index in [0.717, 1.165) is 28.7 Å². The van der Waals surface area contributed by atoms with Crippen LogP contribution in [0.2, 0.25) is 5.02 Å². The van der Waals surface area contributed by atoms with Gasteiger partial charge in [0.1, 0.15) is 16.3 Å². The summed E-state index contributed by atoms with van der Waals surface area (Å²) in [5.74, 6) is -0.313. The zero-order valence-electron chi connectivity index (χ0n) is 17.9. The number of hydrogen-bond acceptors (Lipinski definition) is 5. The molecule has 0 unspecified atom stereocenters. The molecule has 0 atom stereocenters. The Kier molecular flexibility index (Phi) is 7.36. The topological polar surface area (TPSA) is 64.6 Å². The number of rotatable bonds is 7. The third-order valence-electron chi connectivity index (χ3n) is 4.89. The molecule has 3 aromatic rings. The second-order valence-electron chi connectivity index (χ2n) is 7.10. The zero-order chi connectivity index (χ0) is 22.5. The second kappa shape index (κ2) is 9.98. The van der Waals surface area contributed by atoms with E-state index in [1.807, 2.05) is 43.5 Å². The van der Waals surface area contributed by atoms with Crippen LogP contribution in [0.5, 0.6) is 5.75 Å². The summed E-state index contributed by atoms with van der Waals surface area (Å²) < 4.78 is 10.6. The Hall–Kier alpha value is -2.83. The highest BCUT2D eigenvalue weighted by Gasteiger charge is 2.22. The van der Waals surface area contributed by atoms with Crippen LogP contribution in [-0.2, 0) is 16.0 Å². The number of amides is 1. The normalized spacial score (nSPS) is 10.6. The van der Waals surface area contributed by atoms with Crippen LogP contribution in [-0.4, -0.2) is 25.6 Å². The van der Waals surface area contributed by atoms with Crippen LogP contribution >= 0.6 is 22.9 Å². The Balaban J connectivity index is 1.78. The van der Waals surface area contributed by atoms with Crippen molar-refractivity contribution < 1.29 is 19.1 Å². The molecule has 0 fully saturated rings. The monoisotopic (exact) mass is 457 g/mol. The number of thiophene rings is 1. The maximum absolute atomic E-state index is 12.5. The van der Waals surface area contributed by atoms with Crippen LogP contribution in [0.1, 0.15) is 34.0 Å². The maximum atomic E-state index is 12.5. The van der Waals surface area contributed by atoms with Crippen LogP contribution in [0.15, 0.2) is 41.8 Å². The molecule has 0 aliphatic carbocycles. The van der Waals surface area contributed by atoms with E-state index >= 15 is 0 Å². The lowest BCUT2D eigenvalue weighted by Gasteiger charge is -2.11. The fraction of sp³-hybridized carbons (Fsp3) is 0.250. The first kappa shape index (κ1) is 22.8. The molecule has 5 nitrogen and oxygen atoms in total. The summed E-state index contributed by atoms with van der Waals surface area (Å²) in [6.07, 6.45) is 0.932. The average Bonchev–Trinajstić information content (AvgIpc) is 3.18. The largest absolute Gasteiger partial charge is 0.484 e. The molecule has 0 saturated carbocycles. The van der Waals surface area contributed by atoms with Gasteiger partial charge in [0.25, 0.3) is 5.91 Å². The fourth-order valence-corrected chi connectivity index (χ4v) is 4.27. The van der Waals surface area contributed by atoms with Gasteiger partial charge in [-0.2, -0.15) is 0 Å². The van der Waals surface area contributed by atoms with Gasteiger partial charge in [0.05, 0.1) is 7.11 Å². The number of halogens is 1. The minimum atomic E-state index is -0.504. The Labute approximate surface area is 191 Å². The lowest BCUT2D eigenvalue weighted by molar-refractivity contribution is -0.118. The quantitative estimate of drug-likeness (QED) is 0.438. The van der Waals surface area contributed by atoms with E-state index in [1.165, 1.54) is 24.0 Å². The number of hydrogen-bond donors (Lipinski definition) is 1. The lowest BCUT2D eigenvalue weighted by atomic mass is 10.0. The number of nitrogens with one attached hydrogen (secondary N) is 1. The Morgan fingerprint density at radius 2 is 1.74 bits per heavy atom. The Morgan fingerprint density at radius 1 is 1.10 bits per heavy atom. The minimum Gasteiger partial charge on any atom is -0.484 e. The SMILES string of the molecule is CCc1ccc(-c2csc(NC(=O)COc3cc(C)c(Cl)c(C)c3)c2C(=O)OC)cc1. The number of ether oxygens (including phenoxy) is 2. The van der Waals surface area contributed by atoms with Crippen molar-refractivity contribution in [2.45, 2.75) is 27.2 Å². The van der Waals surface area contributed by atoms with E-state index in [9.17, 15) is 9.59 Å². The van der Waals surface area contributed by atoms with Crippen LogP contribution in [0.25, 0.3) is 11.1 Å². The van der Waals surface area contributed by atoms with E-state index in [1.54, 1.807) is 12.1 Å². The van der Waals surface area contributed by atoms with Crippen molar-refractivity contribution in [1.82, 2.24) is 0 Å². The van der Waals surface area contributed by atoms with E-state index in [-0.39, 0.29) is 12.5 Å². The molecule has 0 aliphatic rings. The molecule has 0 aliphatic heterocycles. The van der Waals surface area contributed by atoms with Gasteiger partial charge in [0.2, 0.25) is 0 Å². The first-order valence-corrected chi connectivity index (χ1v) is 11.1. The molecule has 0 radical (unpaired) electrons. The van der Waals surface area contributed by atoms with E-state index in [4.69, 9.17) is 21.1 Å². The molecule has 1 heterocycles. The number of methoxy groups -OCH3 is 1. The first-order valence-electron chi connectivity index (χ1n) is 9.82.